The smallest absolute Gasteiger partial charge is 0.147 e. The lowest BCUT2D eigenvalue weighted by Crippen LogP contribution is -1.97. The van der Waals surface area contributed by atoms with E-state index in [1.807, 2.05) is 0 Å². The van der Waals surface area contributed by atoms with Crippen molar-refractivity contribution in [2.45, 2.75) is 13.0 Å². The molecule has 0 saturated heterocycles. The van der Waals surface area contributed by atoms with E-state index in [4.69, 9.17) is 22.8 Å². The van der Waals surface area contributed by atoms with Crippen molar-refractivity contribution in [2.75, 3.05) is 6.61 Å². The summed E-state index contributed by atoms with van der Waals surface area (Å²) >= 11 is 5.55. The second-order valence-electron chi connectivity index (χ2n) is 2.34. The van der Waals surface area contributed by atoms with E-state index in [2.05, 4.69) is 15.9 Å². The second-order valence-corrected chi connectivity index (χ2v) is 2.72. The predicted octanol–water partition coefficient (Wildman–Crippen LogP) is 1.67. The van der Waals surface area contributed by atoms with Gasteiger partial charge in [-0.05, 0) is 0 Å². The first-order valence-corrected chi connectivity index (χ1v) is 4.18. The van der Waals surface area contributed by atoms with E-state index < -0.39 is 0 Å². The summed E-state index contributed by atoms with van der Waals surface area (Å²) in [7, 11) is 0. The van der Waals surface area contributed by atoms with Gasteiger partial charge in [0.15, 0.2) is 0 Å². The van der Waals surface area contributed by atoms with Gasteiger partial charge in [0.05, 0.1) is 31.3 Å². The fourth-order valence-electron chi connectivity index (χ4n) is 0.721. The Bertz CT molecular complexity index is 291. The quantitative estimate of drug-likeness (QED) is 0.543. The van der Waals surface area contributed by atoms with Gasteiger partial charge in [-0.15, -0.1) is 12.3 Å². The van der Waals surface area contributed by atoms with E-state index in [9.17, 15) is 0 Å². The van der Waals surface area contributed by atoms with Gasteiger partial charge in [-0.3, -0.25) is 4.98 Å². The van der Waals surface area contributed by atoms with Crippen LogP contribution >= 0.6 is 11.6 Å². The molecular formula is C9H9ClN2O. The molecule has 1 rings (SSSR count). The van der Waals surface area contributed by atoms with Crippen LogP contribution in [-0.4, -0.2) is 16.6 Å². The molecule has 0 amide bonds. The SMILES string of the molecule is C#CCCOCc1cnc(Cl)cn1. The maximum Gasteiger partial charge on any atom is 0.147 e. The summed E-state index contributed by atoms with van der Waals surface area (Å²) in [6.07, 6.45) is 8.73. The standard InChI is InChI=1S/C9H9ClN2O/c1-2-3-4-13-7-8-5-12-9(10)6-11-8/h1,5-6H,3-4,7H2. The molecule has 0 N–H and O–H groups in total. The Labute approximate surface area is 82.1 Å². The van der Waals surface area contributed by atoms with Crippen LogP contribution in [0.4, 0.5) is 0 Å². The summed E-state index contributed by atoms with van der Waals surface area (Å²) in [5.41, 5.74) is 0.751. The minimum absolute atomic E-state index is 0.382. The fourth-order valence-corrected chi connectivity index (χ4v) is 0.819. The van der Waals surface area contributed by atoms with Crippen LogP contribution in [0.1, 0.15) is 12.1 Å². The molecule has 0 aliphatic heterocycles. The van der Waals surface area contributed by atoms with Crippen molar-refractivity contribution in [1.29, 1.82) is 0 Å². The number of nitrogens with zero attached hydrogens (tertiary/aromatic N) is 2. The van der Waals surface area contributed by atoms with Crippen molar-refractivity contribution < 1.29 is 4.74 Å². The van der Waals surface area contributed by atoms with Crippen molar-refractivity contribution in [3.63, 3.8) is 0 Å². The summed E-state index contributed by atoms with van der Waals surface area (Å²) in [4.78, 5) is 7.87. The van der Waals surface area contributed by atoms with Crippen molar-refractivity contribution in [3.8, 4) is 12.3 Å². The van der Waals surface area contributed by atoms with E-state index in [0.717, 1.165) is 5.69 Å². The van der Waals surface area contributed by atoms with Crippen molar-refractivity contribution in [2.24, 2.45) is 0 Å². The Morgan fingerprint density at radius 2 is 2.31 bits per heavy atom. The number of ether oxygens (including phenoxy) is 1. The average molecular weight is 197 g/mol. The molecule has 0 unspecified atom stereocenters. The van der Waals surface area contributed by atoms with Crippen LogP contribution in [0.25, 0.3) is 0 Å². The minimum Gasteiger partial charge on any atom is -0.374 e. The van der Waals surface area contributed by atoms with Gasteiger partial charge in [0.1, 0.15) is 5.15 Å². The minimum atomic E-state index is 0.382. The van der Waals surface area contributed by atoms with Gasteiger partial charge in [0.25, 0.3) is 0 Å². The van der Waals surface area contributed by atoms with E-state index in [0.29, 0.717) is 24.8 Å². The molecule has 3 nitrogen and oxygen atoms in total. The average Bonchev–Trinajstić information content (AvgIpc) is 2.15. The molecule has 13 heavy (non-hydrogen) atoms. The summed E-state index contributed by atoms with van der Waals surface area (Å²) in [6.45, 7) is 0.965. The number of halogens is 1. The highest BCUT2D eigenvalue weighted by Gasteiger charge is 1.94. The zero-order valence-corrected chi connectivity index (χ0v) is 7.79. The molecule has 1 aromatic heterocycles. The van der Waals surface area contributed by atoms with E-state index in [-0.39, 0.29) is 0 Å². The van der Waals surface area contributed by atoms with Crippen LogP contribution in [0.2, 0.25) is 5.15 Å². The van der Waals surface area contributed by atoms with Gasteiger partial charge in [-0.2, -0.15) is 0 Å². The van der Waals surface area contributed by atoms with Crippen molar-refractivity contribution in [1.82, 2.24) is 9.97 Å². The summed E-state index contributed by atoms with van der Waals surface area (Å²) < 4.78 is 5.21. The van der Waals surface area contributed by atoms with Crippen LogP contribution in [0, 0.1) is 12.3 Å². The molecule has 0 fully saturated rings. The summed E-state index contributed by atoms with van der Waals surface area (Å²) in [5, 5.41) is 0.382. The maximum atomic E-state index is 5.55. The van der Waals surface area contributed by atoms with Gasteiger partial charge in [-0.1, -0.05) is 11.6 Å². The Balaban J connectivity index is 2.30. The van der Waals surface area contributed by atoms with Crippen LogP contribution in [0.5, 0.6) is 0 Å². The Morgan fingerprint density at radius 1 is 1.46 bits per heavy atom. The first kappa shape index (κ1) is 9.97. The number of terminal acetylenes is 1. The molecule has 0 aliphatic rings. The molecule has 0 bridgehead atoms. The lowest BCUT2D eigenvalue weighted by molar-refractivity contribution is 0.123. The molecule has 4 heteroatoms. The molecule has 0 radical (unpaired) electrons. The number of aromatic nitrogens is 2. The number of rotatable bonds is 4. The molecule has 0 spiro atoms. The third kappa shape index (κ3) is 3.88. The molecule has 0 atom stereocenters. The number of hydrogen-bond acceptors (Lipinski definition) is 3. The van der Waals surface area contributed by atoms with Gasteiger partial charge in [0.2, 0.25) is 0 Å². The third-order valence-corrected chi connectivity index (χ3v) is 1.51. The Morgan fingerprint density at radius 3 is 2.92 bits per heavy atom. The fraction of sp³-hybridized carbons (Fsp3) is 0.333. The lowest BCUT2D eigenvalue weighted by Gasteiger charge is -2.00. The lowest BCUT2D eigenvalue weighted by atomic mass is 10.4. The molecule has 0 aliphatic carbocycles. The zero-order valence-electron chi connectivity index (χ0n) is 7.03. The molecule has 0 saturated carbocycles. The molecule has 0 aromatic carbocycles. The van der Waals surface area contributed by atoms with Crippen LogP contribution in [-0.2, 0) is 11.3 Å². The normalized spacial score (nSPS) is 9.54. The highest BCUT2D eigenvalue weighted by atomic mass is 35.5. The molecular weight excluding hydrogens is 188 g/mol. The molecule has 1 heterocycles. The van der Waals surface area contributed by atoms with E-state index in [1.54, 1.807) is 6.20 Å². The number of hydrogen-bond donors (Lipinski definition) is 0. The highest BCUT2D eigenvalue weighted by Crippen LogP contribution is 2.02. The summed E-state index contributed by atoms with van der Waals surface area (Å²) in [6, 6.07) is 0. The zero-order chi connectivity index (χ0) is 9.52. The Hall–Kier alpha value is -1.11. The van der Waals surface area contributed by atoms with Crippen molar-refractivity contribution in [3.05, 3.63) is 23.2 Å². The van der Waals surface area contributed by atoms with Gasteiger partial charge in [-0.25, -0.2) is 4.98 Å². The first-order valence-electron chi connectivity index (χ1n) is 3.80. The van der Waals surface area contributed by atoms with Gasteiger partial charge >= 0.3 is 0 Å². The first-order chi connectivity index (χ1) is 6.33. The highest BCUT2D eigenvalue weighted by molar-refractivity contribution is 6.29. The van der Waals surface area contributed by atoms with Crippen LogP contribution < -0.4 is 0 Å². The van der Waals surface area contributed by atoms with E-state index >= 15 is 0 Å². The van der Waals surface area contributed by atoms with Crippen LogP contribution in [0.15, 0.2) is 12.4 Å². The van der Waals surface area contributed by atoms with Gasteiger partial charge in [0, 0.05) is 6.42 Å². The van der Waals surface area contributed by atoms with Gasteiger partial charge < -0.3 is 4.74 Å². The monoisotopic (exact) mass is 196 g/mol. The second kappa shape index (κ2) is 5.52. The van der Waals surface area contributed by atoms with E-state index in [1.165, 1.54) is 6.20 Å². The van der Waals surface area contributed by atoms with Crippen LogP contribution in [0.3, 0.4) is 0 Å². The maximum absolute atomic E-state index is 5.55. The molecule has 1 aromatic rings. The molecule has 68 valence electrons. The largest absolute Gasteiger partial charge is 0.374 e. The van der Waals surface area contributed by atoms with Crippen molar-refractivity contribution >= 4 is 11.6 Å². The Kier molecular flexibility index (Phi) is 4.24. The predicted molar refractivity (Wildman–Crippen MR) is 50.1 cm³/mol. The summed E-state index contributed by atoms with van der Waals surface area (Å²) in [5.74, 6) is 2.48. The topological polar surface area (TPSA) is 35.0 Å². The third-order valence-electron chi connectivity index (χ3n) is 1.31.